The summed E-state index contributed by atoms with van der Waals surface area (Å²) < 4.78 is 16.0. The lowest BCUT2D eigenvalue weighted by Crippen LogP contribution is -2.11. The predicted molar refractivity (Wildman–Crippen MR) is 109 cm³/mol. The van der Waals surface area contributed by atoms with Gasteiger partial charge in [0.2, 0.25) is 0 Å². The molecule has 2 atom stereocenters. The first kappa shape index (κ1) is 23.3. The highest BCUT2D eigenvalue weighted by molar-refractivity contribution is 5.14. The molecular formula is C23H34O4. The highest BCUT2D eigenvalue weighted by Gasteiger charge is 2.01. The van der Waals surface area contributed by atoms with E-state index in [1.807, 2.05) is 55.5 Å². The summed E-state index contributed by atoms with van der Waals surface area (Å²) in [6.07, 6.45) is 0. The third-order valence-electron chi connectivity index (χ3n) is 3.79. The van der Waals surface area contributed by atoms with Crippen molar-refractivity contribution in [2.75, 3.05) is 33.5 Å². The molecule has 0 radical (unpaired) electrons. The smallest absolute Gasteiger partial charge is 0.0717 e. The minimum atomic E-state index is 0.189. The van der Waals surface area contributed by atoms with Gasteiger partial charge in [-0.1, -0.05) is 74.5 Å². The Morgan fingerprint density at radius 1 is 0.704 bits per heavy atom. The fourth-order valence-corrected chi connectivity index (χ4v) is 2.29. The van der Waals surface area contributed by atoms with Crippen LogP contribution in [0.2, 0.25) is 0 Å². The summed E-state index contributed by atoms with van der Waals surface area (Å²) in [6.45, 7) is 7.72. The molecule has 0 aliphatic heterocycles. The maximum absolute atomic E-state index is 8.75. The number of rotatable bonds is 11. The summed E-state index contributed by atoms with van der Waals surface area (Å²) in [4.78, 5) is 0. The second kappa shape index (κ2) is 15.3. The second-order valence-electron chi connectivity index (χ2n) is 6.85. The highest BCUT2D eigenvalue weighted by Crippen LogP contribution is 2.04. The van der Waals surface area contributed by atoms with Gasteiger partial charge in [0.15, 0.2) is 0 Å². The zero-order valence-electron chi connectivity index (χ0n) is 16.8. The van der Waals surface area contributed by atoms with E-state index in [-0.39, 0.29) is 12.5 Å². The molecule has 0 aliphatic rings. The van der Waals surface area contributed by atoms with E-state index in [4.69, 9.17) is 19.3 Å². The van der Waals surface area contributed by atoms with Crippen molar-refractivity contribution in [2.24, 2.45) is 11.8 Å². The van der Waals surface area contributed by atoms with Crippen LogP contribution in [0.4, 0.5) is 0 Å². The molecule has 0 saturated heterocycles. The van der Waals surface area contributed by atoms with Crippen LogP contribution in [0, 0.1) is 11.8 Å². The molecule has 2 aromatic carbocycles. The quantitative estimate of drug-likeness (QED) is 0.636. The molecule has 2 aromatic rings. The maximum Gasteiger partial charge on any atom is 0.0717 e. The number of hydrogen-bond donors (Lipinski definition) is 1. The number of hydrogen-bond acceptors (Lipinski definition) is 4. The van der Waals surface area contributed by atoms with E-state index in [0.29, 0.717) is 25.7 Å². The minimum Gasteiger partial charge on any atom is -0.396 e. The van der Waals surface area contributed by atoms with E-state index >= 15 is 0 Å². The van der Waals surface area contributed by atoms with Gasteiger partial charge in [0.05, 0.1) is 33.0 Å². The predicted octanol–water partition coefficient (Wildman–Crippen LogP) is 4.32. The maximum atomic E-state index is 8.75. The summed E-state index contributed by atoms with van der Waals surface area (Å²) in [5.74, 6) is 0.687. The molecule has 27 heavy (non-hydrogen) atoms. The van der Waals surface area contributed by atoms with Gasteiger partial charge in [-0.3, -0.25) is 0 Å². The summed E-state index contributed by atoms with van der Waals surface area (Å²) in [6, 6.07) is 20.2. The first-order valence-corrected chi connectivity index (χ1v) is 9.48. The van der Waals surface area contributed by atoms with Gasteiger partial charge < -0.3 is 19.3 Å². The normalized spacial score (nSPS) is 12.7. The van der Waals surface area contributed by atoms with Gasteiger partial charge in [-0.25, -0.2) is 0 Å². The van der Waals surface area contributed by atoms with Crippen molar-refractivity contribution in [1.82, 2.24) is 0 Å². The molecule has 0 fully saturated rings. The van der Waals surface area contributed by atoms with Crippen molar-refractivity contribution in [3.8, 4) is 0 Å². The average Bonchev–Trinajstić information content (AvgIpc) is 2.70. The Morgan fingerprint density at radius 3 is 1.56 bits per heavy atom. The van der Waals surface area contributed by atoms with Crippen molar-refractivity contribution in [3.63, 3.8) is 0 Å². The number of methoxy groups -OCH3 is 1. The number of ether oxygens (including phenoxy) is 3. The van der Waals surface area contributed by atoms with E-state index < -0.39 is 0 Å². The summed E-state index contributed by atoms with van der Waals surface area (Å²) in [7, 11) is 1.72. The van der Waals surface area contributed by atoms with Crippen LogP contribution < -0.4 is 0 Å². The Labute approximate surface area is 164 Å². The molecule has 4 heteroatoms. The molecule has 2 rings (SSSR count). The van der Waals surface area contributed by atoms with E-state index in [2.05, 4.69) is 19.1 Å². The Hall–Kier alpha value is -1.72. The lowest BCUT2D eigenvalue weighted by atomic mass is 10.2. The molecule has 150 valence electrons. The van der Waals surface area contributed by atoms with Crippen LogP contribution in [0.3, 0.4) is 0 Å². The molecular weight excluding hydrogens is 340 g/mol. The van der Waals surface area contributed by atoms with Crippen LogP contribution in [0.15, 0.2) is 60.7 Å². The first-order valence-electron chi connectivity index (χ1n) is 9.48. The standard InChI is InChI=1S/C12H18O2.C11H16O2/c1-11(8-13-2)9-14-10-12-6-4-3-5-7-12;1-10(7-12)8-13-9-11-5-3-2-4-6-11/h3-7,11H,8-10H2,1-2H3;2-6,10,12H,7-9H2,1H3/t11-;10-/m11/s1. The molecule has 1 N–H and O–H groups in total. The topological polar surface area (TPSA) is 47.9 Å². The van der Waals surface area contributed by atoms with E-state index in [1.165, 1.54) is 11.1 Å². The Bertz CT molecular complexity index is 559. The fraction of sp³-hybridized carbons (Fsp3) is 0.478. The third-order valence-corrected chi connectivity index (χ3v) is 3.79. The fourth-order valence-electron chi connectivity index (χ4n) is 2.29. The SMILES string of the molecule is COC[C@@H](C)COCc1ccccc1.C[C@H](CO)COCc1ccccc1. The lowest BCUT2D eigenvalue weighted by Gasteiger charge is -2.10. The Morgan fingerprint density at radius 2 is 1.15 bits per heavy atom. The van der Waals surface area contributed by atoms with Crippen LogP contribution in [0.25, 0.3) is 0 Å². The van der Waals surface area contributed by atoms with E-state index in [1.54, 1.807) is 7.11 Å². The minimum absolute atomic E-state index is 0.189. The van der Waals surface area contributed by atoms with Crippen molar-refractivity contribution in [3.05, 3.63) is 71.8 Å². The summed E-state index contributed by atoms with van der Waals surface area (Å²) in [5.41, 5.74) is 2.39. The summed E-state index contributed by atoms with van der Waals surface area (Å²) in [5, 5.41) is 8.75. The van der Waals surface area contributed by atoms with Crippen LogP contribution in [-0.2, 0) is 27.4 Å². The lowest BCUT2D eigenvalue weighted by molar-refractivity contribution is 0.0561. The molecule has 4 nitrogen and oxygen atoms in total. The summed E-state index contributed by atoms with van der Waals surface area (Å²) >= 11 is 0. The molecule has 0 bridgehead atoms. The number of aliphatic hydroxyl groups excluding tert-OH is 1. The van der Waals surface area contributed by atoms with Crippen LogP contribution >= 0.6 is 0 Å². The van der Waals surface area contributed by atoms with Crippen LogP contribution in [-0.4, -0.2) is 38.6 Å². The van der Waals surface area contributed by atoms with Crippen LogP contribution in [0.1, 0.15) is 25.0 Å². The average molecular weight is 375 g/mol. The molecule has 0 heterocycles. The number of aliphatic hydroxyl groups is 1. The van der Waals surface area contributed by atoms with Crippen molar-refractivity contribution >= 4 is 0 Å². The van der Waals surface area contributed by atoms with Gasteiger partial charge in [0.25, 0.3) is 0 Å². The molecule has 0 saturated carbocycles. The van der Waals surface area contributed by atoms with E-state index in [9.17, 15) is 0 Å². The Balaban J connectivity index is 0.000000271. The Kier molecular flexibility index (Phi) is 13.3. The number of benzene rings is 2. The largest absolute Gasteiger partial charge is 0.396 e. The van der Waals surface area contributed by atoms with Gasteiger partial charge >= 0.3 is 0 Å². The van der Waals surface area contributed by atoms with Gasteiger partial charge in [0, 0.05) is 25.6 Å². The van der Waals surface area contributed by atoms with Gasteiger partial charge in [0.1, 0.15) is 0 Å². The van der Waals surface area contributed by atoms with Gasteiger partial charge in [-0.2, -0.15) is 0 Å². The van der Waals surface area contributed by atoms with Crippen molar-refractivity contribution in [2.45, 2.75) is 27.1 Å². The molecule has 0 unspecified atom stereocenters. The third kappa shape index (κ3) is 12.3. The zero-order valence-corrected chi connectivity index (χ0v) is 16.8. The van der Waals surface area contributed by atoms with Gasteiger partial charge in [-0.15, -0.1) is 0 Å². The highest BCUT2D eigenvalue weighted by atomic mass is 16.5. The van der Waals surface area contributed by atoms with Crippen molar-refractivity contribution < 1.29 is 19.3 Å². The van der Waals surface area contributed by atoms with Gasteiger partial charge in [-0.05, 0) is 11.1 Å². The van der Waals surface area contributed by atoms with Crippen LogP contribution in [0.5, 0.6) is 0 Å². The molecule has 0 aromatic heterocycles. The second-order valence-corrected chi connectivity index (χ2v) is 6.85. The zero-order chi connectivity index (χ0) is 19.7. The van der Waals surface area contributed by atoms with E-state index in [0.717, 1.165) is 13.2 Å². The van der Waals surface area contributed by atoms with Crippen molar-refractivity contribution in [1.29, 1.82) is 0 Å². The first-order chi connectivity index (χ1) is 13.2. The molecule has 0 aliphatic carbocycles. The molecule has 0 spiro atoms. The molecule has 0 amide bonds. The monoisotopic (exact) mass is 374 g/mol.